The molecule has 1 aliphatic carbocycles. The molecular formula is C26H31F3N6O4S. The number of benzene rings is 2. The number of carbonyl (C=O) groups excluding carboxylic acids is 2. The maximum absolute atomic E-state index is 14.0. The lowest BCUT2D eigenvalue weighted by Gasteiger charge is -2.34. The monoisotopic (exact) mass is 580 g/mol. The van der Waals surface area contributed by atoms with Gasteiger partial charge in [0.2, 0.25) is 21.8 Å². The first-order valence-electron chi connectivity index (χ1n) is 12.7. The fraction of sp³-hybridized carbons (Fsp3) is 0.423. The van der Waals surface area contributed by atoms with Gasteiger partial charge in [-0.2, -0.15) is 17.5 Å². The van der Waals surface area contributed by atoms with Crippen LogP contribution in [0.15, 0.2) is 47.4 Å². The van der Waals surface area contributed by atoms with Gasteiger partial charge in [-0.1, -0.05) is 6.07 Å². The van der Waals surface area contributed by atoms with E-state index in [1.54, 1.807) is 0 Å². The first kappa shape index (κ1) is 29.5. The second-order valence-corrected chi connectivity index (χ2v) is 11.8. The number of rotatable bonds is 9. The number of alkyl halides is 3. The van der Waals surface area contributed by atoms with Crippen LogP contribution in [0.5, 0.6) is 0 Å². The molecular weight excluding hydrogens is 549 g/mol. The van der Waals surface area contributed by atoms with Crippen LogP contribution < -0.4 is 16.4 Å². The lowest BCUT2D eigenvalue weighted by molar-refractivity contribution is -0.140. The number of nitrogens with two attached hydrogens (primary N) is 1. The van der Waals surface area contributed by atoms with Crippen LogP contribution in [0.4, 0.5) is 18.9 Å². The molecule has 0 aromatic heterocycles. The molecule has 2 amide bonds. The fourth-order valence-corrected chi connectivity index (χ4v) is 6.23. The van der Waals surface area contributed by atoms with Crippen LogP contribution in [0.1, 0.15) is 48.9 Å². The van der Waals surface area contributed by atoms with E-state index in [2.05, 4.69) is 15.5 Å². The van der Waals surface area contributed by atoms with Crippen molar-refractivity contribution >= 4 is 33.4 Å². The van der Waals surface area contributed by atoms with Crippen molar-refractivity contribution in [3.8, 4) is 0 Å². The number of nitrogens with zero attached hydrogens (tertiary/aromatic N) is 2. The zero-order chi connectivity index (χ0) is 29.2. The van der Waals surface area contributed by atoms with E-state index < -0.39 is 50.9 Å². The van der Waals surface area contributed by atoms with Gasteiger partial charge in [-0.25, -0.2) is 8.42 Å². The van der Waals surface area contributed by atoms with Gasteiger partial charge in [-0.05, 0) is 61.7 Å². The zero-order valence-corrected chi connectivity index (χ0v) is 22.6. The number of hydrogen-bond acceptors (Lipinski definition) is 6. The van der Waals surface area contributed by atoms with Gasteiger partial charge in [0.15, 0.2) is 0 Å². The van der Waals surface area contributed by atoms with Crippen LogP contribution in [0, 0.1) is 5.41 Å². The maximum Gasteiger partial charge on any atom is 0.417 e. The molecule has 2 aliphatic rings. The summed E-state index contributed by atoms with van der Waals surface area (Å²) in [5.74, 6) is -1.53. The second-order valence-electron chi connectivity index (χ2n) is 9.93. The number of nitrogen functional groups attached to an aromatic ring is 1. The Labute approximate surface area is 230 Å². The van der Waals surface area contributed by atoms with Crippen molar-refractivity contribution in [2.75, 3.05) is 31.5 Å². The van der Waals surface area contributed by atoms with Crippen LogP contribution >= 0.6 is 0 Å². The van der Waals surface area contributed by atoms with Crippen LogP contribution in [0.3, 0.4) is 0 Å². The van der Waals surface area contributed by atoms with E-state index in [0.717, 1.165) is 29.3 Å². The minimum absolute atomic E-state index is 0.0402. The molecule has 14 heteroatoms. The van der Waals surface area contributed by atoms with Gasteiger partial charge >= 0.3 is 6.18 Å². The minimum atomic E-state index is -4.95. The van der Waals surface area contributed by atoms with Gasteiger partial charge in [0.1, 0.15) is 12.3 Å². The molecule has 1 saturated carbocycles. The largest absolute Gasteiger partial charge is 0.417 e. The van der Waals surface area contributed by atoms with Gasteiger partial charge in [0, 0.05) is 43.5 Å². The zero-order valence-electron chi connectivity index (χ0n) is 21.8. The predicted octanol–water partition coefficient (Wildman–Crippen LogP) is 2.66. The Morgan fingerprint density at radius 2 is 1.68 bits per heavy atom. The van der Waals surface area contributed by atoms with Gasteiger partial charge in [-0.15, -0.1) is 0 Å². The average Bonchev–Trinajstić information content (AvgIpc) is 3.74. The second kappa shape index (κ2) is 11.6. The van der Waals surface area contributed by atoms with Crippen molar-refractivity contribution in [3.05, 3.63) is 59.2 Å². The van der Waals surface area contributed by atoms with E-state index in [0.29, 0.717) is 30.4 Å². The predicted molar refractivity (Wildman–Crippen MR) is 142 cm³/mol. The van der Waals surface area contributed by atoms with Crippen LogP contribution in [-0.2, 0) is 25.8 Å². The summed E-state index contributed by atoms with van der Waals surface area (Å²) in [6, 6.07) is 8.48. The number of anilines is 1. The number of piperazine rings is 1. The first-order chi connectivity index (χ1) is 18.8. The van der Waals surface area contributed by atoms with E-state index in [9.17, 15) is 31.2 Å². The van der Waals surface area contributed by atoms with Crippen molar-refractivity contribution in [1.82, 2.24) is 14.5 Å². The summed E-state index contributed by atoms with van der Waals surface area (Å²) in [4.78, 5) is 26.0. The third kappa shape index (κ3) is 6.98. The SMILES string of the molecule is C[C@H](NC(=O)CC(=O)Nc1ccc(C(=N)N)cc1)c1ccc(S(=O)(=O)N2CCN(C3CC3)CC2)c(C(F)(F)F)c1. The Hall–Kier alpha value is -3.49. The summed E-state index contributed by atoms with van der Waals surface area (Å²) >= 11 is 0. The van der Waals surface area contributed by atoms with Crippen molar-refractivity contribution < 1.29 is 31.2 Å². The van der Waals surface area contributed by atoms with Gasteiger partial charge in [0.05, 0.1) is 16.5 Å². The van der Waals surface area contributed by atoms with Gasteiger partial charge < -0.3 is 16.4 Å². The molecule has 40 heavy (non-hydrogen) atoms. The summed E-state index contributed by atoms with van der Waals surface area (Å²) in [6.45, 7) is 2.63. The molecule has 1 atom stereocenters. The lowest BCUT2D eigenvalue weighted by atomic mass is 10.0. The van der Waals surface area contributed by atoms with E-state index in [4.69, 9.17) is 11.1 Å². The molecule has 5 N–H and O–H groups in total. The molecule has 216 valence electrons. The Morgan fingerprint density at radius 3 is 2.23 bits per heavy atom. The van der Waals surface area contributed by atoms with E-state index in [1.165, 1.54) is 37.3 Å². The van der Waals surface area contributed by atoms with Crippen molar-refractivity contribution in [3.63, 3.8) is 0 Å². The number of hydrogen-bond donors (Lipinski definition) is 4. The number of halogens is 3. The quantitative estimate of drug-likeness (QED) is 0.204. The molecule has 1 saturated heterocycles. The molecule has 0 unspecified atom stereocenters. The van der Waals surface area contributed by atoms with E-state index >= 15 is 0 Å². The Bertz CT molecular complexity index is 1390. The van der Waals surface area contributed by atoms with Crippen LogP contribution in [-0.4, -0.2) is 67.5 Å². The van der Waals surface area contributed by atoms with E-state index in [1.807, 2.05) is 0 Å². The summed E-state index contributed by atoms with van der Waals surface area (Å²) in [7, 11) is -4.40. The Morgan fingerprint density at radius 1 is 1.05 bits per heavy atom. The third-order valence-corrected chi connectivity index (χ3v) is 8.90. The molecule has 0 radical (unpaired) electrons. The fourth-order valence-electron chi connectivity index (χ4n) is 4.61. The third-order valence-electron chi connectivity index (χ3n) is 6.94. The van der Waals surface area contributed by atoms with Crippen molar-refractivity contribution in [2.45, 2.75) is 49.3 Å². The molecule has 1 heterocycles. The summed E-state index contributed by atoms with van der Waals surface area (Å²) < 4.78 is 69.6. The van der Waals surface area contributed by atoms with Crippen molar-refractivity contribution in [1.29, 1.82) is 5.41 Å². The molecule has 0 bridgehead atoms. The highest BCUT2D eigenvalue weighted by atomic mass is 32.2. The highest BCUT2D eigenvalue weighted by Gasteiger charge is 2.41. The first-order valence-corrected chi connectivity index (χ1v) is 14.2. The number of carbonyl (C=O) groups is 2. The molecule has 4 rings (SSSR count). The summed E-state index contributed by atoms with van der Waals surface area (Å²) in [6.07, 6.45) is -3.43. The van der Waals surface area contributed by atoms with E-state index in [-0.39, 0.29) is 24.5 Å². The highest BCUT2D eigenvalue weighted by molar-refractivity contribution is 7.89. The minimum Gasteiger partial charge on any atom is -0.384 e. The number of sulfonamides is 1. The summed E-state index contributed by atoms with van der Waals surface area (Å²) in [5.41, 5.74) is 4.95. The molecule has 2 aromatic rings. The van der Waals surface area contributed by atoms with Gasteiger partial charge in [0.25, 0.3) is 0 Å². The molecule has 0 spiro atoms. The lowest BCUT2D eigenvalue weighted by Crippen LogP contribution is -2.49. The number of amides is 2. The van der Waals surface area contributed by atoms with Gasteiger partial charge in [-0.3, -0.25) is 19.9 Å². The molecule has 2 aromatic carbocycles. The van der Waals surface area contributed by atoms with Crippen LogP contribution in [0.25, 0.3) is 0 Å². The van der Waals surface area contributed by atoms with Crippen LogP contribution in [0.2, 0.25) is 0 Å². The topological polar surface area (TPSA) is 149 Å². The van der Waals surface area contributed by atoms with Crippen molar-refractivity contribution in [2.24, 2.45) is 5.73 Å². The normalized spacial score (nSPS) is 17.7. The summed E-state index contributed by atoms with van der Waals surface area (Å²) in [5, 5.41) is 12.4. The highest BCUT2D eigenvalue weighted by Crippen LogP contribution is 2.37. The number of nitrogens with one attached hydrogen (secondary N) is 3. The Balaban J connectivity index is 1.42. The standard InChI is InChI=1S/C26H31F3N6O4S/c1-16(32-23(36)15-24(37)33-19-5-2-17(3-6-19)25(30)31)18-4-9-22(21(14-18)26(27,28)29)40(38,39)35-12-10-34(11-13-35)20-7-8-20/h2-6,9,14,16,20H,7-8,10-13,15H2,1H3,(H3,30,31)(H,32,36)(H,33,37)/t16-/m0/s1. The molecule has 1 aliphatic heterocycles. The average molecular weight is 581 g/mol. The maximum atomic E-state index is 14.0. The molecule has 2 fully saturated rings. The Kier molecular flexibility index (Phi) is 8.52. The smallest absolute Gasteiger partial charge is 0.384 e. The molecule has 10 nitrogen and oxygen atoms in total. The number of amidine groups is 1.